The third-order valence-corrected chi connectivity index (χ3v) is 4.61. The molecule has 0 atom stereocenters. The van der Waals surface area contributed by atoms with Gasteiger partial charge in [0.25, 0.3) is 0 Å². The molecule has 2 aromatic rings. The summed E-state index contributed by atoms with van der Waals surface area (Å²) in [7, 11) is -3.59. The maximum Gasteiger partial charge on any atom is 0.240 e. The number of rotatable bonds is 6. The van der Waals surface area contributed by atoms with E-state index < -0.39 is 10.0 Å². The average Bonchev–Trinajstić information content (AvgIpc) is 2.90. The molecular formula is C14H19N3O3S. The van der Waals surface area contributed by atoms with Crippen LogP contribution in [-0.4, -0.2) is 13.6 Å². The number of aryl methyl sites for hydroxylation is 2. The van der Waals surface area contributed by atoms with Gasteiger partial charge in [0.15, 0.2) is 0 Å². The first-order valence-corrected chi connectivity index (χ1v) is 8.18. The van der Waals surface area contributed by atoms with Gasteiger partial charge in [-0.3, -0.25) is 0 Å². The van der Waals surface area contributed by atoms with Gasteiger partial charge in [0.2, 0.25) is 10.0 Å². The summed E-state index contributed by atoms with van der Waals surface area (Å²) in [5.41, 5.74) is 8.11. The molecule has 6 nitrogen and oxygen atoms in total. The van der Waals surface area contributed by atoms with Gasteiger partial charge in [-0.1, -0.05) is 18.1 Å². The number of nitrogens with two attached hydrogens (primary N) is 1. The van der Waals surface area contributed by atoms with Gasteiger partial charge in [0.1, 0.15) is 5.76 Å². The molecule has 1 aromatic heterocycles. The molecule has 0 saturated heterocycles. The first kappa shape index (κ1) is 15.7. The lowest BCUT2D eigenvalue weighted by Gasteiger charge is -2.10. The normalized spacial score (nSPS) is 11.8. The summed E-state index contributed by atoms with van der Waals surface area (Å²) in [5.74, 6) is 0.641. The van der Waals surface area contributed by atoms with Crippen LogP contribution >= 0.6 is 0 Å². The maximum atomic E-state index is 12.3. The third-order valence-electron chi connectivity index (χ3n) is 3.21. The van der Waals surface area contributed by atoms with Crippen molar-refractivity contribution in [1.82, 2.24) is 9.88 Å². The van der Waals surface area contributed by atoms with Crippen molar-refractivity contribution in [1.29, 1.82) is 0 Å². The summed E-state index contributed by atoms with van der Waals surface area (Å²) in [6.45, 7) is 4.16. The van der Waals surface area contributed by atoms with Crippen molar-refractivity contribution >= 4 is 10.0 Å². The van der Waals surface area contributed by atoms with Crippen LogP contribution in [0.5, 0.6) is 0 Å². The molecule has 114 valence electrons. The highest BCUT2D eigenvalue weighted by Crippen LogP contribution is 2.17. The SMILES string of the molecule is CCc1ccc(S(=O)(=O)NCc2cc(C)on2)cc1CN. The molecule has 0 radical (unpaired) electrons. The summed E-state index contributed by atoms with van der Waals surface area (Å²) in [5, 5.41) is 3.75. The van der Waals surface area contributed by atoms with E-state index in [-0.39, 0.29) is 11.4 Å². The molecule has 21 heavy (non-hydrogen) atoms. The zero-order valence-corrected chi connectivity index (χ0v) is 12.9. The predicted octanol–water partition coefficient (Wildman–Crippen LogP) is 1.48. The van der Waals surface area contributed by atoms with E-state index in [2.05, 4.69) is 9.88 Å². The number of benzene rings is 1. The van der Waals surface area contributed by atoms with Crippen molar-refractivity contribution in [3.8, 4) is 0 Å². The fourth-order valence-electron chi connectivity index (χ4n) is 2.06. The Labute approximate surface area is 124 Å². The topological polar surface area (TPSA) is 98.2 Å². The Morgan fingerprint density at radius 1 is 1.29 bits per heavy atom. The van der Waals surface area contributed by atoms with E-state index in [0.29, 0.717) is 18.0 Å². The summed E-state index contributed by atoms with van der Waals surface area (Å²) < 4.78 is 31.9. The van der Waals surface area contributed by atoms with E-state index in [4.69, 9.17) is 10.3 Å². The van der Waals surface area contributed by atoms with E-state index in [9.17, 15) is 8.42 Å². The zero-order valence-electron chi connectivity index (χ0n) is 12.1. The molecular weight excluding hydrogens is 290 g/mol. The zero-order chi connectivity index (χ0) is 15.5. The molecule has 0 aliphatic carbocycles. The molecule has 1 aromatic carbocycles. The van der Waals surface area contributed by atoms with Gasteiger partial charge >= 0.3 is 0 Å². The lowest BCUT2D eigenvalue weighted by atomic mass is 10.1. The summed E-state index contributed by atoms with van der Waals surface area (Å²) in [4.78, 5) is 0.209. The largest absolute Gasteiger partial charge is 0.361 e. The Kier molecular flexibility index (Phi) is 4.76. The first-order chi connectivity index (χ1) is 9.96. The van der Waals surface area contributed by atoms with Gasteiger partial charge < -0.3 is 10.3 Å². The van der Waals surface area contributed by atoms with Crippen LogP contribution in [0.25, 0.3) is 0 Å². The summed E-state index contributed by atoms with van der Waals surface area (Å²) >= 11 is 0. The Balaban J connectivity index is 2.19. The number of hydrogen-bond acceptors (Lipinski definition) is 5. The number of nitrogens with one attached hydrogen (secondary N) is 1. The van der Waals surface area contributed by atoms with Crippen LogP contribution in [0, 0.1) is 6.92 Å². The number of sulfonamides is 1. The molecule has 1 heterocycles. The Bertz CT molecular complexity index is 723. The van der Waals surface area contributed by atoms with Crippen LogP contribution in [0.1, 0.15) is 29.5 Å². The van der Waals surface area contributed by atoms with Crippen LogP contribution in [0.2, 0.25) is 0 Å². The quantitative estimate of drug-likeness (QED) is 0.842. The van der Waals surface area contributed by atoms with Crippen LogP contribution in [0.3, 0.4) is 0 Å². The second-order valence-electron chi connectivity index (χ2n) is 4.74. The van der Waals surface area contributed by atoms with Crippen molar-refractivity contribution in [2.24, 2.45) is 5.73 Å². The van der Waals surface area contributed by atoms with Gasteiger partial charge in [0.05, 0.1) is 17.1 Å². The minimum absolute atomic E-state index is 0.0904. The maximum absolute atomic E-state index is 12.3. The van der Waals surface area contributed by atoms with E-state index >= 15 is 0 Å². The minimum Gasteiger partial charge on any atom is -0.361 e. The molecule has 0 bridgehead atoms. The van der Waals surface area contributed by atoms with Crippen LogP contribution in [0.15, 0.2) is 33.7 Å². The number of hydrogen-bond donors (Lipinski definition) is 2. The molecule has 7 heteroatoms. The van der Waals surface area contributed by atoms with Gasteiger partial charge in [-0.2, -0.15) is 0 Å². The molecule has 2 rings (SSSR count). The lowest BCUT2D eigenvalue weighted by Crippen LogP contribution is -2.23. The molecule has 0 spiro atoms. The standard InChI is InChI=1S/C14H19N3O3S/c1-3-11-4-5-14(7-12(11)8-15)21(18,19)16-9-13-6-10(2)20-17-13/h4-7,16H,3,8-9,15H2,1-2H3. The highest BCUT2D eigenvalue weighted by atomic mass is 32.2. The van der Waals surface area contributed by atoms with E-state index in [1.165, 1.54) is 0 Å². The smallest absolute Gasteiger partial charge is 0.240 e. The van der Waals surface area contributed by atoms with Crippen LogP contribution in [0.4, 0.5) is 0 Å². The molecule has 0 aliphatic rings. The minimum atomic E-state index is -3.59. The fourth-order valence-corrected chi connectivity index (χ4v) is 3.11. The predicted molar refractivity (Wildman–Crippen MR) is 79.0 cm³/mol. The fraction of sp³-hybridized carbons (Fsp3) is 0.357. The highest BCUT2D eigenvalue weighted by Gasteiger charge is 2.16. The van der Waals surface area contributed by atoms with Crippen molar-refractivity contribution in [2.75, 3.05) is 0 Å². The van der Waals surface area contributed by atoms with E-state index in [1.54, 1.807) is 31.2 Å². The molecule has 3 N–H and O–H groups in total. The van der Waals surface area contributed by atoms with Crippen molar-refractivity contribution < 1.29 is 12.9 Å². The highest BCUT2D eigenvalue weighted by molar-refractivity contribution is 7.89. The van der Waals surface area contributed by atoms with Gasteiger partial charge in [-0.15, -0.1) is 0 Å². The number of nitrogens with zero attached hydrogens (tertiary/aromatic N) is 1. The molecule has 0 aliphatic heterocycles. The van der Waals surface area contributed by atoms with Crippen molar-refractivity contribution in [3.63, 3.8) is 0 Å². The van der Waals surface area contributed by atoms with E-state index in [0.717, 1.165) is 17.5 Å². The Morgan fingerprint density at radius 3 is 2.62 bits per heavy atom. The molecule has 0 saturated carbocycles. The van der Waals surface area contributed by atoms with Crippen LogP contribution in [-0.2, 0) is 29.5 Å². The van der Waals surface area contributed by atoms with Crippen molar-refractivity contribution in [3.05, 3.63) is 46.8 Å². The second kappa shape index (κ2) is 6.38. The molecule has 0 amide bonds. The van der Waals surface area contributed by atoms with Gasteiger partial charge in [0, 0.05) is 12.6 Å². The van der Waals surface area contributed by atoms with Crippen LogP contribution < -0.4 is 10.5 Å². The van der Waals surface area contributed by atoms with Crippen molar-refractivity contribution in [2.45, 2.75) is 38.3 Å². The average molecular weight is 309 g/mol. The Hall–Kier alpha value is -1.70. The monoisotopic (exact) mass is 309 g/mol. The van der Waals surface area contributed by atoms with Gasteiger partial charge in [-0.25, -0.2) is 13.1 Å². The Morgan fingerprint density at radius 2 is 2.05 bits per heavy atom. The number of aromatic nitrogens is 1. The molecule has 0 fully saturated rings. The first-order valence-electron chi connectivity index (χ1n) is 6.70. The summed E-state index contributed by atoms with van der Waals surface area (Å²) in [6, 6.07) is 6.70. The second-order valence-corrected chi connectivity index (χ2v) is 6.51. The molecule has 0 unspecified atom stereocenters. The van der Waals surface area contributed by atoms with E-state index in [1.807, 2.05) is 6.92 Å². The summed E-state index contributed by atoms with van der Waals surface area (Å²) in [6.07, 6.45) is 0.818. The lowest BCUT2D eigenvalue weighted by molar-refractivity contribution is 0.390. The van der Waals surface area contributed by atoms with Gasteiger partial charge in [-0.05, 0) is 36.6 Å². The third kappa shape index (κ3) is 3.69.